The lowest BCUT2D eigenvalue weighted by Gasteiger charge is -2.19. The minimum Gasteiger partial charge on any atom is -0.355 e. The summed E-state index contributed by atoms with van der Waals surface area (Å²) < 4.78 is 29.0. The number of aromatic nitrogens is 5. The van der Waals surface area contributed by atoms with E-state index in [1.165, 1.54) is 35.2 Å². The number of thioether (sulfide) groups is 1. The average Bonchev–Trinajstić information content (AvgIpc) is 3.31. The van der Waals surface area contributed by atoms with Crippen molar-refractivity contribution < 1.29 is 13.2 Å². The Kier molecular flexibility index (Phi) is 8.08. The Hall–Kier alpha value is -3.91. The molecule has 4 aromatic rings. The third-order valence-electron chi connectivity index (χ3n) is 5.14. The minimum absolute atomic E-state index is 0.0161. The number of hydrogen-bond acceptors (Lipinski definition) is 10. The molecule has 0 aliphatic rings. The van der Waals surface area contributed by atoms with Crippen molar-refractivity contribution in [3.05, 3.63) is 54.6 Å². The fourth-order valence-corrected chi connectivity index (χ4v) is 5.36. The van der Waals surface area contributed by atoms with Crippen LogP contribution in [0.1, 0.15) is 13.8 Å². The Morgan fingerprint density at radius 1 is 1.00 bits per heavy atom. The molecule has 0 spiro atoms. The van der Waals surface area contributed by atoms with Gasteiger partial charge in [0, 0.05) is 25.8 Å². The van der Waals surface area contributed by atoms with Gasteiger partial charge in [-0.15, -0.1) is 10.2 Å². The smallest absolute Gasteiger partial charge is 0.264 e. The van der Waals surface area contributed by atoms with Crippen LogP contribution < -0.4 is 20.3 Å². The van der Waals surface area contributed by atoms with Gasteiger partial charge in [0.1, 0.15) is 0 Å². The third kappa shape index (κ3) is 5.91. The predicted octanol–water partition coefficient (Wildman–Crippen LogP) is 2.94. The van der Waals surface area contributed by atoms with Gasteiger partial charge in [0.25, 0.3) is 15.8 Å². The maximum absolute atomic E-state index is 13.1. The number of sulfonamides is 1. The molecule has 0 fully saturated rings. The van der Waals surface area contributed by atoms with Gasteiger partial charge in [0.15, 0.2) is 5.16 Å². The van der Waals surface area contributed by atoms with Crippen LogP contribution in [0.25, 0.3) is 5.78 Å². The van der Waals surface area contributed by atoms with Crippen molar-refractivity contribution in [3.63, 3.8) is 0 Å². The summed E-state index contributed by atoms with van der Waals surface area (Å²) in [6.45, 7) is 5.16. The Morgan fingerprint density at radius 3 is 2.49 bits per heavy atom. The van der Waals surface area contributed by atoms with Crippen molar-refractivity contribution in [1.82, 2.24) is 24.6 Å². The first-order valence-electron chi connectivity index (χ1n) is 11.5. The van der Waals surface area contributed by atoms with Gasteiger partial charge in [0.2, 0.25) is 17.8 Å². The summed E-state index contributed by atoms with van der Waals surface area (Å²) in [6, 6.07) is 14.9. The van der Waals surface area contributed by atoms with Gasteiger partial charge in [0.05, 0.1) is 16.3 Å². The van der Waals surface area contributed by atoms with E-state index >= 15 is 0 Å². The maximum atomic E-state index is 13.1. The van der Waals surface area contributed by atoms with E-state index in [2.05, 4.69) is 36.1 Å². The summed E-state index contributed by atoms with van der Waals surface area (Å²) >= 11 is 1.17. The summed E-state index contributed by atoms with van der Waals surface area (Å²) in [5, 5.41) is 17.7. The largest absolute Gasteiger partial charge is 0.355 e. The van der Waals surface area contributed by atoms with Crippen LogP contribution in [0.4, 0.5) is 23.3 Å². The first-order valence-corrected chi connectivity index (χ1v) is 13.9. The molecule has 2 aromatic heterocycles. The molecule has 0 aliphatic carbocycles. The molecule has 14 heteroatoms. The molecule has 0 saturated heterocycles. The summed E-state index contributed by atoms with van der Waals surface area (Å²) in [4.78, 5) is 21.6. The Bertz CT molecular complexity index is 1490. The van der Waals surface area contributed by atoms with Gasteiger partial charge < -0.3 is 16.0 Å². The molecule has 194 valence electrons. The molecule has 37 heavy (non-hydrogen) atoms. The number of benzene rings is 2. The monoisotopic (exact) mass is 541 g/mol. The van der Waals surface area contributed by atoms with Crippen LogP contribution in [0.3, 0.4) is 0 Å². The van der Waals surface area contributed by atoms with E-state index in [1.54, 1.807) is 40.8 Å². The average molecular weight is 542 g/mol. The molecule has 0 saturated carbocycles. The second-order valence-electron chi connectivity index (χ2n) is 7.72. The van der Waals surface area contributed by atoms with Crippen LogP contribution in [0, 0.1) is 0 Å². The molecule has 0 atom stereocenters. The molecule has 2 heterocycles. The van der Waals surface area contributed by atoms with Gasteiger partial charge in [-0.05, 0) is 44.2 Å². The quantitative estimate of drug-likeness (QED) is 0.242. The second-order valence-corrected chi connectivity index (χ2v) is 10.6. The number of nitrogens with one attached hydrogen (secondary N) is 3. The topological polar surface area (TPSA) is 147 Å². The number of anilines is 4. The number of carbonyl (C=O) groups is 1. The summed E-state index contributed by atoms with van der Waals surface area (Å²) in [5.74, 6) is 0.979. The summed E-state index contributed by atoms with van der Waals surface area (Å²) in [6.07, 6.45) is 0. The minimum atomic E-state index is -3.81. The normalized spacial score (nSPS) is 11.3. The summed E-state index contributed by atoms with van der Waals surface area (Å²) in [7, 11) is -2.32. The second kappa shape index (κ2) is 11.4. The van der Waals surface area contributed by atoms with E-state index in [0.717, 1.165) is 0 Å². The Morgan fingerprint density at radius 2 is 1.76 bits per heavy atom. The number of nitrogens with zero attached hydrogens (tertiary/aromatic N) is 6. The van der Waals surface area contributed by atoms with E-state index in [1.807, 2.05) is 19.9 Å². The van der Waals surface area contributed by atoms with E-state index in [9.17, 15) is 13.2 Å². The highest BCUT2D eigenvalue weighted by atomic mass is 32.2. The highest BCUT2D eigenvalue weighted by Gasteiger charge is 2.22. The third-order valence-corrected chi connectivity index (χ3v) is 7.85. The first-order chi connectivity index (χ1) is 17.8. The number of hydrogen-bond donors (Lipinski definition) is 3. The van der Waals surface area contributed by atoms with Crippen molar-refractivity contribution in [2.45, 2.75) is 23.9 Å². The number of fused-ring (bicyclic) bond motifs is 1. The molecule has 0 bridgehead atoms. The SMILES string of the molecule is CCNc1nc(NCC)n2c(SCC(=O)Nc3cccc(S(=O)(=O)N(C)c4ccccc4)c3)nnc2n1. The van der Waals surface area contributed by atoms with Crippen LogP contribution in [-0.4, -0.2) is 64.8 Å². The number of rotatable bonds is 11. The fourth-order valence-electron chi connectivity index (χ4n) is 3.39. The highest BCUT2D eigenvalue weighted by molar-refractivity contribution is 7.99. The molecule has 1 amide bonds. The first kappa shape index (κ1) is 26.2. The van der Waals surface area contributed by atoms with Crippen molar-refractivity contribution in [2.75, 3.05) is 46.1 Å². The van der Waals surface area contributed by atoms with E-state index in [-0.39, 0.29) is 16.6 Å². The number of para-hydroxylation sites is 1. The van der Waals surface area contributed by atoms with Crippen LogP contribution in [0.15, 0.2) is 64.6 Å². The van der Waals surface area contributed by atoms with Crippen LogP contribution in [-0.2, 0) is 14.8 Å². The van der Waals surface area contributed by atoms with Gasteiger partial charge in [-0.2, -0.15) is 9.97 Å². The molecule has 12 nitrogen and oxygen atoms in total. The lowest BCUT2D eigenvalue weighted by molar-refractivity contribution is -0.113. The molecule has 0 unspecified atom stereocenters. The molecular weight excluding hydrogens is 514 g/mol. The highest BCUT2D eigenvalue weighted by Crippen LogP contribution is 2.25. The van der Waals surface area contributed by atoms with Crippen molar-refractivity contribution in [3.8, 4) is 0 Å². The van der Waals surface area contributed by atoms with Crippen LogP contribution in [0.5, 0.6) is 0 Å². The molecular formula is C23H27N9O3S2. The lowest BCUT2D eigenvalue weighted by Crippen LogP contribution is -2.26. The maximum Gasteiger partial charge on any atom is 0.264 e. The molecule has 0 aliphatic heterocycles. The summed E-state index contributed by atoms with van der Waals surface area (Å²) in [5.41, 5.74) is 0.901. The molecule has 4 rings (SSSR count). The molecule has 3 N–H and O–H groups in total. The Labute approximate surface area is 219 Å². The van der Waals surface area contributed by atoms with Gasteiger partial charge in [-0.25, -0.2) is 12.8 Å². The number of amides is 1. The van der Waals surface area contributed by atoms with Crippen molar-refractivity contribution in [2.24, 2.45) is 0 Å². The van der Waals surface area contributed by atoms with E-state index in [0.29, 0.717) is 47.3 Å². The zero-order valence-electron chi connectivity index (χ0n) is 20.5. The van der Waals surface area contributed by atoms with Crippen molar-refractivity contribution in [1.29, 1.82) is 0 Å². The van der Waals surface area contributed by atoms with Crippen LogP contribution >= 0.6 is 11.8 Å². The van der Waals surface area contributed by atoms with Crippen LogP contribution in [0.2, 0.25) is 0 Å². The van der Waals surface area contributed by atoms with Gasteiger partial charge >= 0.3 is 0 Å². The zero-order valence-corrected chi connectivity index (χ0v) is 22.2. The van der Waals surface area contributed by atoms with Gasteiger partial charge in [-0.1, -0.05) is 36.0 Å². The number of carbonyl (C=O) groups excluding carboxylic acids is 1. The lowest BCUT2D eigenvalue weighted by atomic mass is 10.3. The zero-order chi connectivity index (χ0) is 26.4. The Balaban J connectivity index is 1.47. The molecule has 0 radical (unpaired) electrons. The molecule has 2 aromatic carbocycles. The predicted molar refractivity (Wildman–Crippen MR) is 145 cm³/mol. The van der Waals surface area contributed by atoms with Gasteiger partial charge in [-0.3, -0.25) is 9.10 Å². The van der Waals surface area contributed by atoms with E-state index in [4.69, 9.17) is 0 Å². The van der Waals surface area contributed by atoms with Crippen molar-refractivity contribution >= 4 is 56.7 Å². The standard InChI is InChI=1S/C23H27N9O3S2/c1-4-24-20-27-21(25-5-2)32-22(28-20)29-30-23(32)36-15-19(33)26-16-10-9-13-18(14-16)37(34,35)31(3)17-11-7-6-8-12-17/h6-14H,4-5,15H2,1-3H3,(H,26,33)(H2,24,25,27,28,29). The van der Waals surface area contributed by atoms with E-state index < -0.39 is 10.0 Å². The fraction of sp³-hybridized carbons (Fsp3) is 0.261.